The van der Waals surface area contributed by atoms with Crippen molar-refractivity contribution in [3.05, 3.63) is 91.0 Å². The Morgan fingerprint density at radius 2 is 0.548 bits per heavy atom. The maximum atomic E-state index is 10.3. The van der Waals surface area contributed by atoms with E-state index in [0.717, 1.165) is 0 Å². The van der Waals surface area contributed by atoms with Gasteiger partial charge < -0.3 is 13.7 Å². The molecule has 0 N–H and O–H groups in total. The van der Waals surface area contributed by atoms with Crippen LogP contribution in [0.25, 0.3) is 0 Å². The van der Waals surface area contributed by atoms with Gasteiger partial charge in [-0.15, -0.1) is 0 Å². The Labute approximate surface area is 194 Å². The minimum atomic E-state index is -4.25. The second-order valence-electron chi connectivity index (χ2n) is 5.30. The van der Waals surface area contributed by atoms with Crippen LogP contribution in [0.4, 0.5) is 0 Å². The second-order valence-corrected chi connectivity index (χ2v) is 9.44. The van der Waals surface area contributed by atoms with Crippen LogP contribution < -0.4 is 0 Å². The van der Waals surface area contributed by atoms with Gasteiger partial charge in [0.1, 0.15) is 30.4 Å². The summed E-state index contributed by atoms with van der Waals surface area (Å²) in [5.41, 5.74) is 0. The van der Waals surface area contributed by atoms with E-state index in [1.807, 2.05) is 0 Å². The van der Waals surface area contributed by atoms with Gasteiger partial charge in [-0.05, 0) is 36.4 Å². The molecule has 3 rings (SSSR count). The van der Waals surface area contributed by atoms with E-state index >= 15 is 0 Å². The van der Waals surface area contributed by atoms with Crippen molar-refractivity contribution >= 4 is 50.1 Å². The summed E-state index contributed by atoms with van der Waals surface area (Å²) in [6, 6.07) is 21.6. The third-order valence-corrected chi connectivity index (χ3v) is 5.64. The summed E-state index contributed by atoms with van der Waals surface area (Å²) in [5, 5.41) is 0. The van der Waals surface area contributed by atoms with Crippen LogP contribution in [-0.2, 0) is 30.4 Å². The molecular weight excluding hydrogens is 526 g/mol. The van der Waals surface area contributed by atoms with Gasteiger partial charge in [0.25, 0.3) is 0 Å². The summed E-state index contributed by atoms with van der Waals surface area (Å²) in [6.07, 6.45) is 0. The molecule has 0 aliphatic rings. The summed E-state index contributed by atoms with van der Waals surface area (Å²) in [4.78, 5) is -0.556. The normalized spacial score (nSPS) is 10.9. The van der Waals surface area contributed by atoms with Gasteiger partial charge in [-0.2, -0.15) is 0 Å². The number of hydrogen-bond acceptors (Lipinski definition) is 9. The molecule has 162 valence electrons. The first kappa shape index (κ1) is 29.0. The van der Waals surface area contributed by atoms with E-state index in [0.29, 0.717) is 0 Å². The fourth-order valence-electron chi connectivity index (χ4n) is 1.76. The average molecular weight is 541 g/mol. The summed E-state index contributed by atoms with van der Waals surface area (Å²) in [5.74, 6) is 0. The van der Waals surface area contributed by atoms with Crippen molar-refractivity contribution in [3.63, 3.8) is 0 Å². The molecule has 0 saturated heterocycles. The van der Waals surface area contributed by atoms with Crippen LogP contribution in [0, 0.1) is 0 Å². The zero-order valence-electron chi connectivity index (χ0n) is 15.6. The molecule has 0 heterocycles. The van der Waals surface area contributed by atoms with E-state index in [1.165, 1.54) is 72.8 Å². The smallest absolute Gasteiger partial charge is 0.744 e. The molecule has 0 saturated carbocycles. The fourth-order valence-corrected chi connectivity index (χ4v) is 3.23. The van der Waals surface area contributed by atoms with E-state index < -0.39 is 30.4 Å². The number of benzene rings is 3. The van der Waals surface area contributed by atoms with Gasteiger partial charge in [0, 0.05) is 0 Å². The van der Waals surface area contributed by atoms with Crippen LogP contribution in [0.1, 0.15) is 0 Å². The molecule has 0 amide bonds. The maximum absolute atomic E-state index is 10.3. The molecule has 3 aromatic carbocycles. The topological polar surface area (TPSA) is 172 Å². The van der Waals surface area contributed by atoms with Crippen LogP contribution in [0.5, 0.6) is 0 Å². The molecule has 0 aliphatic heterocycles. The van der Waals surface area contributed by atoms with Gasteiger partial charge in [0.2, 0.25) is 0 Å². The van der Waals surface area contributed by atoms with Crippen molar-refractivity contribution in [2.45, 2.75) is 14.7 Å². The average Bonchev–Trinajstić information content (AvgIpc) is 2.69. The van der Waals surface area contributed by atoms with E-state index in [2.05, 4.69) is 0 Å². The first-order valence-electron chi connectivity index (χ1n) is 7.84. The van der Waals surface area contributed by atoms with Crippen molar-refractivity contribution in [2.75, 3.05) is 0 Å². The summed E-state index contributed by atoms with van der Waals surface area (Å²) in [7, 11) is -12.8. The Bertz CT molecular complexity index is 1070. The molecule has 3 aromatic rings. The molecule has 0 aromatic heterocycles. The predicted molar refractivity (Wildman–Crippen MR) is 109 cm³/mol. The summed E-state index contributed by atoms with van der Waals surface area (Å²) < 4.78 is 92.5. The zero-order chi connectivity index (χ0) is 22.8. The van der Waals surface area contributed by atoms with Crippen molar-refractivity contribution in [1.82, 2.24) is 0 Å². The van der Waals surface area contributed by atoms with Gasteiger partial charge >= 0.3 is 19.8 Å². The SMILES string of the molecule is O=S(=O)([O-])c1ccccc1.O=S(=O)([O-])c1ccccc1.O=S(=O)([O-])c1ccccc1.[Ga+3]. The van der Waals surface area contributed by atoms with Crippen molar-refractivity contribution in [1.29, 1.82) is 0 Å². The molecule has 0 aliphatic carbocycles. The zero-order valence-corrected chi connectivity index (χ0v) is 20.5. The number of rotatable bonds is 3. The Hall–Kier alpha value is -1.97. The minimum Gasteiger partial charge on any atom is -0.744 e. The first-order valence-corrected chi connectivity index (χ1v) is 12.1. The Morgan fingerprint density at radius 3 is 0.645 bits per heavy atom. The predicted octanol–water partition coefficient (Wildman–Crippen LogP) is 1.39. The van der Waals surface area contributed by atoms with E-state index in [4.69, 9.17) is 0 Å². The second kappa shape index (κ2) is 12.8. The molecule has 0 spiro atoms. The summed E-state index contributed by atoms with van der Waals surface area (Å²) in [6.45, 7) is 0. The maximum Gasteiger partial charge on any atom is 3.00 e. The quantitative estimate of drug-likeness (QED) is 0.351. The molecular formula is C18H15GaO9S3. The van der Waals surface area contributed by atoms with Crippen LogP contribution in [0.2, 0.25) is 0 Å². The van der Waals surface area contributed by atoms with Crippen LogP contribution in [0.15, 0.2) is 106 Å². The van der Waals surface area contributed by atoms with Gasteiger partial charge in [-0.1, -0.05) is 54.6 Å². The monoisotopic (exact) mass is 540 g/mol. The Balaban J connectivity index is 0.000000429. The molecule has 0 unspecified atom stereocenters. The molecule has 0 fully saturated rings. The molecule has 0 bridgehead atoms. The Morgan fingerprint density at radius 1 is 0.387 bits per heavy atom. The number of hydrogen-bond donors (Lipinski definition) is 0. The van der Waals surface area contributed by atoms with E-state index in [1.54, 1.807) is 18.2 Å². The largest absolute Gasteiger partial charge is 3.00 e. The van der Waals surface area contributed by atoms with Gasteiger partial charge in [-0.25, -0.2) is 25.3 Å². The van der Waals surface area contributed by atoms with E-state index in [9.17, 15) is 38.9 Å². The molecule has 0 radical (unpaired) electrons. The van der Waals surface area contributed by atoms with Gasteiger partial charge in [0.15, 0.2) is 0 Å². The van der Waals surface area contributed by atoms with Gasteiger partial charge in [-0.3, -0.25) is 0 Å². The third kappa shape index (κ3) is 11.8. The molecule has 0 atom stereocenters. The summed E-state index contributed by atoms with van der Waals surface area (Å²) >= 11 is 0. The molecule has 9 nitrogen and oxygen atoms in total. The van der Waals surface area contributed by atoms with Crippen LogP contribution >= 0.6 is 0 Å². The standard InChI is InChI=1S/3C6H6O3S.Ga/c3*7-10(8,9)6-4-2-1-3-5-6;/h3*1-5H,(H,7,8,9);/q;;;+3/p-3. The van der Waals surface area contributed by atoms with Crippen molar-refractivity contribution < 1.29 is 38.9 Å². The van der Waals surface area contributed by atoms with Crippen LogP contribution in [-0.4, -0.2) is 58.7 Å². The van der Waals surface area contributed by atoms with Gasteiger partial charge in [0.05, 0.1) is 14.7 Å². The minimum absolute atomic E-state index is 0. The van der Waals surface area contributed by atoms with Crippen molar-refractivity contribution in [2.24, 2.45) is 0 Å². The van der Waals surface area contributed by atoms with Crippen molar-refractivity contribution in [3.8, 4) is 0 Å². The van der Waals surface area contributed by atoms with Crippen LogP contribution in [0.3, 0.4) is 0 Å². The first-order chi connectivity index (χ1) is 13.8. The Kier molecular flexibility index (Phi) is 12.0. The van der Waals surface area contributed by atoms with E-state index in [-0.39, 0.29) is 34.5 Å². The fraction of sp³-hybridized carbons (Fsp3) is 0. The molecule has 13 heteroatoms. The molecule has 31 heavy (non-hydrogen) atoms. The third-order valence-electron chi connectivity index (χ3n) is 3.10.